The van der Waals surface area contributed by atoms with Gasteiger partial charge >= 0.3 is 0 Å². The number of benzene rings is 2. The normalized spacial score (nSPS) is 22.6. The quantitative estimate of drug-likeness (QED) is 0.320. The first-order chi connectivity index (χ1) is 16.9. The SMILES string of the molecule is C=C(CN1C2CCC1C(C)C2)c1c(C)n(-c2ccc(C)cc2)c2cc(C(C)(C)CC(C)(C)S)ccc12. The molecule has 2 fully saturated rings. The van der Waals surface area contributed by atoms with Crippen LogP contribution in [0, 0.1) is 19.8 Å². The molecule has 0 N–H and O–H groups in total. The fourth-order valence-corrected chi connectivity index (χ4v) is 7.85. The first kappa shape index (κ1) is 25.7. The third kappa shape index (κ3) is 4.58. The molecule has 2 aromatic carbocycles. The summed E-state index contributed by atoms with van der Waals surface area (Å²) in [4.78, 5) is 2.76. The van der Waals surface area contributed by atoms with E-state index in [2.05, 4.69) is 100 Å². The Kier molecular flexibility index (Phi) is 6.49. The molecule has 192 valence electrons. The maximum atomic E-state index is 4.87. The maximum Gasteiger partial charge on any atom is 0.0540 e. The monoisotopic (exact) mass is 500 g/mol. The van der Waals surface area contributed by atoms with Crippen molar-refractivity contribution in [1.29, 1.82) is 0 Å². The average Bonchev–Trinajstić information content (AvgIpc) is 3.39. The second kappa shape index (κ2) is 9.10. The van der Waals surface area contributed by atoms with E-state index in [4.69, 9.17) is 19.2 Å². The highest BCUT2D eigenvalue weighted by Gasteiger charge is 2.44. The van der Waals surface area contributed by atoms with Crippen LogP contribution in [0.25, 0.3) is 22.2 Å². The smallest absolute Gasteiger partial charge is 0.0540 e. The Balaban J connectivity index is 1.62. The predicted molar refractivity (Wildman–Crippen MR) is 160 cm³/mol. The fourth-order valence-electron chi connectivity index (χ4n) is 7.46. The van der Waals surface area contributed by atoms with Gasteiger partial charge in [0.2, 0.25) is 0 Å². The summed E-state index contributed by atoms with van der Waals surface area (Å²) in [6.07, 6.45) is 5.06. The number of hydrogen-bond acceptors (Lipinski definition) is 2. The lowest BCUT2D eigenvalue weighted by Crippen LogP contribution is -2.31. The number of aromatic nitrogens is 1. The summed E-state index contributed by atoms with van der Waals surface area (Å²) in [6, 6.07) is 17.6. The van der Waals surface area contributed by atoms with E-state index < -0.39 is 0 Å². The van der Waals surface area contributed by atoms with E-state index in [1.807, 2.05) is 0 Å². The lowest BCUT2D eigenvalue weighted by Gasteiger charge is -2.32. The summed E-state index contributed by atoms with van der Waals surface area (Å²) in [5, 5.41) is 1.32. The van der Waals surface area contributed by atoms with Crippen LogP contribution in [0.4, 0.5) is 0 Å². The van der Waals surface area contributed by atoms with Crippen molar-refractivity contribution in [3.8, 4) is 5.69 Å². The largest absolute Gasteiger partial charge is 0.313 e. The number of aryl methyl sites for hydroxylation is 1. The minimum Gasteiger partial charge on any atom is -0.313 e. The molecule has 2 bridgehead atoms. The molecule has 5 rings (SSSR count). The molecule has 2 aliphatic rings. The molecule has 0 amide bonds. The van der Waals surface area contributed by atoms with Crippen LogP contribution >= 0.6 is 12.6 Å². The molecule has 0 radical (unpaired) electrons. The Morgan fingerprint density at radius 3 is 2.31 bits per heavy atom. The van der Waals surface area contributed by atoms with Gasteiger partial charge in [-0.2, -0.15) is 12.6 Å². The molecule has 2 saturated heterocycles. The van der Waals surface area contributed by atoms with Gasteiger partial charge in [0.05, 0.1) is 5.52 Å². The lowest BCUT2D eigenvalue weighted by molar-refractivity contribution is 0.271. The highest BCUT2D eigenvalue weighted by molar-refractivity contribution is 7.81. The lowest BCUT2D eigenvalue weighted by atomic mass is 9.77. The fraction of sp³-hybridized carbons (Fsp3) is 0.515. The highest BCUT2D eigenvalue weighted by atomic mass is 32.1. The van der Waals surface area contributed by atoms with E-state index in [-0.39, 0.29) is 10.2 Å². The van der Waals surface area contributed by atoms with Crippen molar-refractivity contribution in [3.63, 3.8) is 0 Å². The molecule has 36 heavy (non-hydrogen) atoms. The van der Waals surface area contributed by atoms with Crippen LogP contribution in [0.2, 0.25) is 0 Å². The van der Waals surface area contributed by atoms with Crippen molar-refractivity contribution in [2.24, 2.45) is 5.92 Å². The van der Waals surface area contributed by atoms with Crippen molar-refractivity contribution in [1.82, 2.24) is 9.47 Å². The third-order valence-corrected chi connectivity index (χ3v) is 9.03. The standard InChI is InChI=1S/C33H44N2S/c1-21-9-12-26(13-10-21)35-24(4)31(23(3)19-34-27-14-16-29(34)22(2)17-27)28-15-11-25(18-30(28)35)32(5,6)20-33(7,8)36/h9-13,15,18,22,27,29,36H,3,14,16-17,19-20H2,1-2,4-8H3. The van der Waals surface area contributed by atoms with E-state index in [0.717, 1.165) is 31.0 Å². The van der Waals surface area contributed by atoms with Crippen molar-refractivity contribution >= 4 is 29.1 Å². The molecule has 2 aliphatic heterocycles. The van der Waals surface area contributed by atoms with Gasteiger partial charge in [-0.25, -0.2) is 0 Å². The van der Waals surface area contributed by atoms with E-state index in [1.165, 1.54) is 63.8 Å². The number of nitrogens with zero attached hydrogens (tertiary/aromatic N) is 2. The minimum atomic E-state index is -0.0288. The summed E-state index contributed by atoms with van der Waals surface area (Å²) >= 11 is 4.87. The zero-order chi connectivity index (χ0) is 26.0. The summed E-state index contributed by atoms with van der Waals surface area (Å²) in [6.45, 7) is 21.7. The first-order valence-electron chi connectivity index (χ1n) is 13.7. The van der Waals surface area contributed by atoms with Crippen molar-refractivity contribution in [3.05, 3.63) is 71.4 Å². The summed E-state index contributed by atoms with van der Waals surface area (Å²) < 4.78 is 2.43. The second-order valence-electron chi connectivity index (χ2n) is 13.0. The van der Waals surface area contributed by atoms with E-state index >= 15 is 0 Å². The van der Waals surface area contributed by atoms with Crippen LogP contribution in [0.5, 0.6) is 0 Å². The molecule has 0 spiro atoms. The van der Waals surface area contributed by atoms with Gasteiger partial charge in [-0.3, -0.25) is 4.90 Å². The summed E-state index contributed by atoms with van der Waals surface area (Å²) in [5.41, 5.74) is 9.08. The molecule has 0 saturated carbocycles. The zero-order valence-corrected chi connectivity index (χ0v) is 24.3. The number of hydrogen-bond donors (Lipinski definition) is 1. The summed E-state index contributed by atoms with van der Waals surface area (Å²) in [7, 11) is 0. The molecule has 0 aliphatic carbocycles. The second-order valence-corrected chi connectivity index (χ2v) is 14.2. The molecule has 1 aromatic heterocycles. The predicted octanol–water partition coefficient (Wildman–Crippen LogP) is 8.51. The van der Waals surface area contributed by atoms with Gasteiger partial charge in [0.15, 0.2) is 0 Å². The first-order valence-corrected chi connectivity index (χ1v) is 14.2. The number of thiol groups is 1. The molecule has 3 atom stereocenters. The Bertz CT molecular complexity index is 1290. The topological polar surface area (TPSA) is 8.17 Å². The van der Waals surface area contributed by atoms with E-state index in [0.29, 0.717) is 0 Å². The van der Waals surface area contributed by atoms with Crippen molar-refractivity contribution < 1.29 is 0 Å². The molecule has 2 nitrogen and oxygen atoms in total. The minimum absolute atomic E-state index is 0.0256. The van der Waals surface area contributed by atoms with Gasteiger partial charge < -0.3 is 4.57 Å². The average molecular weight is 501 g/mol. The Morgan fingerprint density at radius 1 is 1.03 bits per heavy atom. The molecule has 3 unspecified atom stereocenters. The van der Waals surface area contributed by atoms with Gasteiger partial charge in [0.25, 0.3) is 0 Å². The number of fused-ring (bicyclic) bond motifs is 3. The van der Waals surface area contributed by atoms with Crippen LogP contribution in [0.3, 0.4) is 0 Å². The molecule has 3 heterocycles. The molecule has 3 aromatic rings. The van der Waals surface area contributed by atoms with E-state index in [9.17, 15) is 0 Å². The molecule has 3 heteroatoms. The summed E-state index contributed by atoms with van der Waals surface area (Å²) in [5.74, 6) is 0.812. The highest BCUT2D eigenvalue weighted by Crippen LogP contribution is 2.44. The van der Waals surface area contributed by atoms with Crippen molar-refractivity contribution in [2.75, 3.05) is 6.54 Å². The van der Waals surface area contributed by atoms with Gasteiger partial charge in [0, 0.05) is 45.7 Å². The maximum absolute atomic E-state index is 4.87. The van der Waals surface area contributed by atoms with Crippen LogP contribution in [-0.4, -0.2) is 32.8 Å². The van der Waals surface area contributed by atoms with Crippen LogP contribution < -0.4 is 0 Å². The zero-order valence-electron chi connectivity index (χ0n) is 23.4. The van der Waals surface area contributed by atoms with Gasteiger partial charge in [0.1, 0.15) is 0 Å². The Labute approximate surface area is 224 Å². The molecular formula is C33H44N2S. The van der Waals surface area contributed by atoms with Crippen molar-refractivity contribution in [2.45, 2.75) is 96.4 Å². The van der Waals surface area contributed by atoms with Gasteiger partial charge in [-0.05, 0) is 80.2 Å². The van der Waals surface area contributed by atoms with Crippen LogP contribution in [-0.2, 0) is 5.41 Å². The van der Waals surface area contributed by atoms with Gasteiger partial charge in [-0.1, -0.05) is 71.0 Å². The number of rotatable bonds is 7. The molecular weight excluding hydrogens is 456 g/mol. The third-order valence-electron chi connectivity index (χ3n) is 8.87. The Morgan fingerprint density at radius 2 is 1.72 bits per heavy atom. The van der Waals surface area contributed by atoms with Gasteiger partial charge in [-0.15, -0.1) is 0 Å². The van der Waals surface area contributed by atoms with E-state index in [1.54, 1.807) is 0 Å². The van der Waals surface area contributed by atoms with Crippen LogP contribution in [0.15, 0.2) is 49.0 Å². The van der Waals surface area contributed by atoms with Crippen LogP contribution in [0.1, 0.15) is 82.7 Å². The Hall–Kier alpha value is -1.97.